The highest BCUT2D eigenvalue weighted by atomic mass is 16.1. The third kappa shape index (κ3) is 1.07. The van der Waals surface area contributed by atoms with Crippen molar-refractivity contribution >= 4 is 6.41 Å². The maximum absolute atomic E-state index is 10.2. The average Bonchev–Trinajstić information content (AvgIpc) is 2.08. The first kappa shape index (κ1) is 6.59. The molecule has 0 atom stereocenters. The largest absolute Gasteiger partial charge is 0.329 e. The molecular weight excluding hydrogens is 114 g/mol. The second-order valence-electron chi connectivity index (χ2n) is 3.16. The first-order valence-corrected chi connectivity index (χ1v) is 3.32. The Hall–Kier alpha value is -0.530. The lowest BCUT2D eigenvalue weighted by Crippen LogP contribution is -2.36. The minimum atomic E-state index is 0.0712. The van der Waals surface area contributed by atoms with Crippen LogP contribution >= 0.6 is 0 Å². The molecule has 0 N–H and O–H groups in total. The molecule has 1 fully saturated rings. The van der Waals surface area contributed by atoms with Crippen LogP contribution in [0.5, 0.6) is 0 Å². The van der Waals surface area contributed by atoms with Gasteiger partial charge in [-0.15, -0.1) is 0 Å². The molecule has 1 amide bonds. The fourth-order valence-corrected chi connectivity index (χ4v) is 1.28. The molecule has 0 aromatic heterocycles. The highest BCUT2D eigenvalue weighted by Crippen LogP contribution is 2.25. The summed E-state index contributed by atoms with van der Waals surface area (Å²) in [5, 5.41) is 0. The molecule has 1 heterocycles. The van der Waals surface area contributed by atoms with Crippen LogP contribution in [0.4, 0.5) is 0 Å². The molecular formula is C7H12NO. The molecule has 1 rings (SSSR count). The molecule has 2 nitrogen and oxygen atoms in total. The highest BCUT2D eigenvalue weighted by molar-refractivity contribution is 5.50. The van der Waals surface area contributed by atoms with E-state index in [1.54, 1.807) is 4.90 Å². The lowest BCUT2D eigenvalue weighted by Gasteiger charge is -2.26. The summed E-state index contributed by atoms with van der Waals surface area (Å²) in [7, 11) is 0. The molecule has 1 aliphatic rings. The van der Waals surface area contributed by atoms with Crippen molar-refractivity contribution in [3.63, 3.8) is 0 Å². The van der Waals surface area contributed by atoms with Gasteiger partial charge in [0, 0.05) is 12.1 Å². The number of hydrogen-bond acceptors (Lipinski definition) is 1. The van der Waals surface area contributed by atoms with E-state index < -0.39 is 0 Å². The van der Waals surface area contributed by atoms with E-state index >= 15 is 0 Å². The highest BCUT2D eigenvalue weighted by Gasteiger charge is 2.30. The zero-order valence-electron chi connectivity index (χ0n) is 5.98. The monoisotopic (exact) mass is 126 g/mol. The normalized spacial score (nSPS) is 24.4. The topological polar surface area (TPSA) is 20.3 Å². The number of carbonyl (C=O) groups excluding carboxylic acids is 1. The van der Waals surface area contributed by atoms with Crippen LogP contribution in [0.2, 0.25) is 0 Å². The van der Waals surface area contributed by atoms with Crippen molar-refractivity contribution < 1.29 is 4.79 Å². The summed E-state index contributed by atoms with van der Waals surface area (Å²) in [6.07, 6.45) is 4.18. The van der Waals surface area contributed by atoms with Gasteiger partial charge in [-0.1, -0.05) is 0 Å². The summed E-state index contributed by atoms with van der Waals surface area (Å²) in [6, 6.07) is 0. The van der Waals surface area contributed by atoms with Crippen LogP contribution in [0.1, 0.15) is 26.7 Å². The minimum Gasteiger partial charge on any atom is -0.329 e. The Balaban J connectivity index is 2.62. The van der Waals surface area contributed by atoms with Crippen molar-refractivity contribution in [2.24, 2.45) is 0 Å². The van der Waals surface area contributed by atoms with Gasteiger partial charge in [0.25, 0.3) is 0 Å². The molecule has 2 heteroatoms. The third-order valence-electron chi connectivity index (χ3n) is 2.01. The van der Waals surface area contributed by atoms with Gasteiger partial charge >= 0.3 is 6.41 Å². The number of amides is 1. The number of nitrogens with zero attached hydrogens (tertiary/aromatic N) is 1. The minimum absolute atomic E-state index is 0.0712. The standard InChI is InChI=1S/C7H12NO/c1-7(2)4-3-5-8(7)6-9/h3-5H2,1-2H3. The van der Waals surface area contributed by atoms with E-state index in [0.29, 0.717) is 0 Å². The second-order valence-corrected chi connectivity index (χ2v) is 3.16. The van der Waals surface area contributed by atoms with Crippen LogP contribution < -0.4 is 0 Å². The molecule has 0 unspecified atom stereocenters. The van der Waals surface area contributed by atoms with E-state index in [4.69, 9.17) is 0 Å². The van der Waals surface area contributed by atoms with Crippen LogP contribution in [0, 0.1) is 0 Å². The summed E-state index contributed by atoms with van der Waals surface area (Å²) in [4.78, 5) is 12.0. The fraction of sp³-hybridized carbons (Fsp3) is 0.857. The van der Waals surface area contributed by atoms with Crippen LogP contribution in [-0.4, -0.2) is 23.4 Å². The second kappa shape index (κ2) is 2.01. The van der Waals surface area contributed by atoms with Crippen molar-refractivity contribution in [2.75, 3.05) is 6.54 Å². The molecule has 9 heavy (non-hydrogen) atoms. The Labute approximate surface area is 55.8 Å². The van der Waals surface area contributed by atoms with E-state index in [1.807, 2.05) is 6.41 Å². The lowest BCUT2D eigenvalue weighted by molar-refractivity contribution is 0.267. The van der Waals surface area contributed by atoms with Crippen LogP contribution in [0.15, 0.2) is 0 Å². The van der Waals surface area contributed by atoms with E-state index in [1.165, 1.54) is 0 Å². The van der Waals surface area contributed by atoms with Gasteiger partial charge in [0.1, 0.15) is 0 Å². The van der Waals surface area contributed by atoms with Crippen molar-refractivity contribution in [3.05, 3.63) is 0 Å². The van der Waals surface area contributed by atoms with Crippen molar-refractivity contribution in [1.82, 2.24) is 4.90 Å². The van der Waals surface area contributed by atoms with E-state index in [9.17, 15) is 4.79 Å². The quantitative estimate of drug-likeness (QED) is 0.511. The Morgan fingerprint density at radius 1 is 1.56 bits per heavy atom. The van der Waals surface area contributed by atoms with Crippen molar-refractivity contribution in [1.29, 1.82) is 0 Å². The predicted octanol–water partition coefficient (Wildman–Crippen LogP) is 0.928. The molecule has 0 aromatic rings. The van der Waals surface area contributed by atoms with Gasteiger partial charge in [-0.2, -0.15) is 0 Å². The van der Waals surface area contributed by atoms with Gasteiger partial charge in [-0.3, -0.25) is 4.79 Å². The molecule has 1 aliphatic heterocycles. The van der Waals surface area contributed by atoms with E-state index in [-0.39, 0.29) is 5.54 Å². The molecule has 1 saturated heterocycles. The first-order chi connectivity index (χ1) is 4.17. The van der Waals surface area contributed by atoms with E-state index in [2.05, 4.69) is 13.8 Å². The van der Waals surface area contributed by atoms with Crippen LogP contribution in [0.25, 0.3) is 0 Å². The Bertz CT molecular complexity index is 120. The van der Waals surface area contributed by atoms with Gasteiger partial charge < -0.3 is 4.90 Å². The van der Waals surface area contributed by atoms with E-state index in [0.717, 1.165) is 19.4 Å². The fourth-order valence-electron chi connectivity index (χ4n) is 1.28. The number of rotatable bonds is 1. The molecule has 1 radical (unpaired) electrons. The van der Waals surface area contributed by atoms with Gasteiger partial charge in [0.2, 0.25) is 0 Å². The van der Waals surface area contributed by atoms with Gasteiger partial charge in [-0.05, 0) is 26.7 Å². The van der Waals surface area contributed by atoms with Crippen LogP contribution in [-0.2, 0) is 4.79 Å². The molecule has 0 aliphatic carbocycles. The van der Waals surface area contributed by atoms with Crippen molar-refractivity contribution in [3.8, 4) is 0 Å². The lowest BCUT2D eigenvalue weighted by atomic mass is 10.0. The van der Waals surface area contributed by atoms with Gasteiger partial charge in [0.05, 0.1) is 0 Å². The Kier molecular flexibility index (Phi) is 1.47. The molecule has 51 valence electrons. The van der Waals surface area contributed by atoms with Crippen molar-refractivity contribution in [2.45, 2.75) is 32.2 Å². The molecule has 0 spiro atoms. The Morgan fingerprint density at radius 2 is 2.22 bits per heavy atom. The average molecular weight is 126 g/mol. The predicted molar refractivity (Wildman–Crippen MR) is 35.7 cm³/mol. The molecule has 0 saturated carbocycles. The summed E-state index contributed by atoms with van der Waals surface area (Å²) in [5.41, 5.74) is 0.0712. The summed E-state index contributed by atoms with van der Waals surface area (Å²) in [5.74, 6) is 0. The number of hydrogen-bond donors (Lipinski definition) is 0. The summed E-state index contributed by atoms with van der Waals surface area (Å²) in [6.45, 7) is 5.03. The zero-order valence-corrected chi connectivity index (χ0v) is 5.98. The third-order valence-corrected chi connectivity index (χ3v) is 2.01. The maximum atomic E-state index is 10.2. The van der Waals surface area contributed by atoms with Gasteiger partial charge in [0.15, 0.2) is 0 Å². The molecule has 0 aromatic carbocycles. The van der Waals surface area contributed by atoms with Crippen LogP contribution in [0.3, 0.4) is 0 Å². The Morgan fingerprint density at radius 3 is 2.44 bits per heavy atom. The summed E-state index contributed by atoms with van der Waals surface area (Å²) < 4.78 is 0. The van der Waals surface area contributed by atoms with Gasteiger partial charge in [-0.25, -0.2) is 0 Å². The smallest absolute Gasteiger partial charge is 0.312 e. The zero-order chi connectivity index (χ0) is 6.91. The maximum Gasteiger partial charge on any atom is 0.312 e. The molecule has 0 bridgehead atoms. The number of likely N-dealkylation sites (tertiary alicyclic amines) is 1. The SMILES string of the molecule is CC1(C)CCCN1[C]=O. The summed E-state index contributed by atoms with van der Waals surface area (Å²) >= 11 is 0. The first-order valence-electron chi connectivity index (χ1n) is 3.32.